The van der Waals surface area contributed by atoms with E-state index in [1.54, 1.807) is 12.1 Å². The normalized spacial score (nSPS) is 15.6. The van der Waals surface area contributed by atoms with Crippen LogP contribution in [0.1, 0.15) is 24.0 Å². The summed E-state index contributed by atoms with van der Waals surface area (Å²) in [6.07, 6.45) is 2.15. The number of aryl methyl sites for hydroxylation is 1. The van der Waals surface area contributed by atoms with Crippen molar-refractivity contribution in [3.05, 3.63) is 71.8 Å². The summed E-state index contributed by atoms with van der Waals surface area (Å²) in [5, 5.41) is 2.70. The molecule has 1 aliphatic rings. The Bertz CT molecular complexity index is 1040. The largest absolute Gasteiger partial charge is 0.744 e. The highest BCUT2D eigenvalue weighted by Crippen LogP contribution is 2.30. The van der Waals surface area contributed by atoms with Gasteiger partial charge < -0.3 is 4.55 Å². The lowest BCUT2D eigenvalue weighted by atomic mass is 9.96. The molecule has 1 unspecified atom stereocenters. The predicted octanol–water partition coefficient (Wildman–Crippen LogP) is 2.64. The fourth-order valence-corrected chi connectivity index (χ4v) is 3.38. The predicted molar refractivity (Wildman–Crippen MR) is 98.2 cm³/mol. The van der Waals surface area contributed by atoms with Crippen molar-refractivity contribution in [2.24, 2.45) is 0 Å². The fraction of sp³-hybridized carbons (Fsp3) is 0.150. The third kappa shape index (κ3) is 3.78. The zero-order chi connectivity index (χ0) is 18.0. The average molecular weight is 353 g/mol. The lowest BCUT2D eigenvalue weighted by molar-refractivity contribution is -0.344. The maximum Gasteiger partial charge on any atom is 0.207 e. The molecule has 4 rings (SSSR count). The van der Waals surface area contributed by atoms with E-state index in [1.165, 1.54) is 34.2 Å². The molecule has 0 aliphatic carbocycles. The molecule has 1 heterocycles. The third-order valence-electron chi connectivity index (χ3n) is 4.22. The van der Waals surface area contributed by atoms with Gasteiger partial charge in [-0.2, -0.15) is 0 Å². The van der Waals surface area contributed by atoms with Crippen molar-refractivity contribution in [1.82, 2.24) is 0 Å². The van der Waals surface area contributed by atoms with E-state index in [1.807, 2.05) is 6.92 Å². The highest BCUT2D eigenvalue weighted by atomic mass is 32.2. The van der Waals surface area contributed by atoms with Crippen LogP contribution in [-0.4, -0.2) is 19.2 Å². The first-order valence-electron chi connectivity index (χ1n) is 8.00. The van der Waals surface area contributed by atoms with E-state index < -0.39 is 10.1 Å². The Morgan fingerprint density at radius 1 is 0.960 bits per heavy atom. The van der Waals surface area contributed by atoms with Crippen LogP contribution in [0.4, 0.5) is 5.69 Å². The number of benzene rings is 3. The van der Waals surface area contributed by atoms with Crippen molar-refractivity contribution in [3.8, 4) is 0 Å². The molecule has 25 heavy (non-hydrogen) atoms. The molecular weight excluding hydrogens is 334 g/mol. The van der Waals surface area contributed by atoms with Gasteiger partial charge in [-0.3, -0.25) is 0 Å². The van der Waals surface area contributed by atoms with Crippen LogP contribution >= 0.6 is 0 Å². The molecule has 0 saturated carbocycles. The van der Waals surface area contributed by atoms with Gasteiger partial charge in [-0.1, -0.05) is 42.0 Å². The number of nitrogens with one attached hydrogen (secondary N) is 1. The van der Waals surface area contributed by atoms with Crippen LogP contribution in [0.3, 0.4) is 0 Å². The van der Waals surface area contributed by atoms with Crippen molar-refractivity contribution >= 4 is 32.8 Å². The van der Waals surface area contributed by atoms with Gasteiger partial charge in [0.1, 0.15) is 10.1 Å². The molecule has 0 spiro atoms. The van der Waals surface area contributed by atoms with Crippen molar-refractivity contribution in [2.45, 2.75) is 24.7 Å². The summed E-state index contributed by atoms with van der Waals surface area (Å²) >= 11 is 0. The zero-order valence-electron chi connectivity index (χ0n) is 14.1. The maximum atomic E-state index is 10.4. The summed E-state index contributed by atoms with van der Waals surface area (Å²) in [4.78, 5) is 3.14. The molecule has 1 aliphatic heterocycles. The second-order valence-corrected chi connectivity index (χ2v) is 7.49. The molecule has 5 heteroatoms. The lowest BCUT2D eigenvalue weighted by Gasteiger charge is -2.05. The van der Waals surface area contributed by atoms with Crippen molar-refractivity contribution in [3.63, 3.8) is 0 Å². The molecule has 1 atom stereocenters. The molecule has 128 valence electrons. The van der Waals surface area contributed by atoms with Crippen LogP contribution < -0.4 is 4.99 Å². The second-order valence-electron chi connectivity index (χ2n) is 6.11. The lowest BCUT2D eigenvalue weighted by Crippen LogP contribution is -2.59. The van der Waals surface area contributed by atoms with E-state index in [4.69, 9.17) is 0 Å². The molecular formula is C20H19NO3S. The molecule has 0 bridgehead atoms. The van der Waals surface area contributed by atoms with Crippen molar-refractivity contribution < 1.29 is 18.0 Å². The minimum Gasteiger partial charge on any atom is -0.744 e. The van der Waals surface area contributed by atoms with Crippen LogP contribution in [0, 0.1) is 6.92 Å². The van der Waals surface area contributed by atoms with Gasteiger partial charge in [-0.15, -0.1) is 0 Å². The molecule has 3 aromatic carbocycles. The van der Waals surface area contributed by atoms with E-state index in [0.717, 1.165) is 5.56 Å². The Morgan fingerprint density at radius 2 is 1.64 bits per heavy atom. The second kappa shape index (κ2) is 6.78. The molecule has 0 amide bonds. The smallest absolute Gasteiger partial charge is 0.207 e. The topological polar surface area (TPSA) is 71.2 Å². The molecule has 0 aromatic heterocycles. The van der Waals surface area contributed by atoms with E-state index in [9.17, 15) is 13.0 Å². The summed E-state index contributed by atoms with van der Waals surface area (Å²) in [6.45, 7) is 4.05. The Labute approximate surface area is 147 Å². The van der Waals surface area contributed by atoms with E-state index in [2.05, 4.69) is 54.5 Å². The van der Waals surface area contributed by atoms with Gasteiger partial charge in [0.25, 0.3) is 0 Å². The minimum absolute atomic E-state index is 0.178. The fourth-order valence-electron chi connectivity index (χ4n) is 2.92. The molecule has 1 N–H and O–H groups in total. The molecule has 0 fully saturated rings. The minimum atomic E-state index is -4.27. The Hall–Kier alpha value is -2.50. The summed E-state index contributed by atoms with van der Waals surface area (Å²) < 4.78 is 31.2. The number of hydrogen-bond acceptors (Lipinski definition) is 3. The summed E-state index contributed by atoms with van der Waals surface area (Å²) in [6, 6.07) is 18.7. The Kier molecular flexibility index (Phi) is 4.70. The van der Waals surface area contributed by atoms with Gasteiger partial charge in [0.15, 0.2) is 6.21 Å². The first-order valence-corrected chi connectivity index (χ1v) is 9.41. The van der Waals surface area contributed by atoms with Gasteiger partial charge in [-0.25, -0.2) is 13.4 Å². The van der Waals surface area contributed by atoms with E-state index in [0.29, 0.717) is 5.92 Å². The van der Waals surface area contributed by atoms with Gasteiger partial charge in [-0.05, 0) is 42.8 Å². The third-order valence-corrected chi connectivity index (χ3v) is 5.07. The SMILES string of the molecule is CC1C=[NH+]c2ccc3ccccc3c21.Cc1ccc(S(=O)(=O)[O-])cc1. The average Bonchev–Trinajstić information content (AvgIpc) is 2.97. The van der Waals surface area contributed by atoms with E-state index in [-0.39, 0.29) is 4.90 Å². The maximum absolute atomic E-state index is 10.4. The van der Waals surface area contributed by atoms with Gasteiger partial charge in [0.2, 0.25) is 5.69 Å². The summed E-state index contributed by atoms with van der Waals surface area (Å²) in [7, 11) is -4.27. The van der Waals surface area contributed by atoms with Crippen molar-refractivity contribution in [1.29, 1.82) is 0 Å². The van der Waals surface area contributed by atoms with Crippen LogP contribution in [0.25, 0.3) is 10.8 Å². The van der Waals surface area contributed by atoms with Crippen LogP contribution in [-0.2, 0) is 10.1 Å². The summed E-state index contributed by atoms with van der Waals surface area (Å²) in [5.74, 6) is 0.510. The number of hydrogen-bond donors (Lipinski definition) is 1. The van der Waals surface area contributed by atoms with Crippen molar-refractivity contribution in [2.75, 3.05) is 0 Å². The van der Waals surface area contributed by atoms with Gasteiger partial charge >= 0.3 is 0 Å². The monoisotopic (exact) mass is 353 g/mol. The quantitative estimate of drug-likeness (QED) is 0.684. The van der Waals surface area contributed by atoms with E-state index >= 15 is 0 Å². The van der Waals surface area contributed by atoms with Crippen LogP contribution in [0.15, 0.2) is 65.6 Å². The Morgan fingerprint density at radius 3 is 2.32 bits per heavy atom. The standard InChI is InChI=1S/C13H11N.C7H8O3S/c1-9-8-14-12-7-6-10-4-2-3-5-11(10)13(9)12;1-6-2-4-7(5-3-6)11(8,9)10/h2-9H,1H3;2-5H,1H3,(H,8,9,10). The summed E-state index contributed by atoms with van der Waals surface area (Å²) in [5.41, 5.74) is 3.62. The molecule has 3 aromatic rings. The number of rotatable bonds is 1. The van der Waals surface area contributed by atoms with Gasteiger partial charge in [0.05, 0.1) is 10.8 Å². The highest BCUT2D eigenvalue weighted by Gasteiger charge is 2.22. The number of fused-ring (bicyclic) bond motifs is 3. The zero-order valence-corrected chi connectivity index (χ0v) is 14.9. The van der Waals surface area contributed by atoms with Crippen LogP contribution in [0.2, 0.25) is 0 Å². The van der Waals surface area contributed by atoms with Crippen LogP contribution in [0.5, 0.6) is 0 Å². The first-order chi connectivity index (χ1) is 11.9. The molecule has 4 nitrogen and oxygen atoms in total. The molecule has 0 saturated heterocycles. The highest BCUT2D eigenvalue weighted by molar-refractivity contribution is 7.85. The van der Waals surface area contributed by atoms with Gasteiger partial charge in [0, 0.05) is 11.6 Å². The Balaban J connectivity index is 0.000000151. The first kappa shape index (κ1) is 17.3. The molecule has 0 radical (unpaired) electrons.